The van der Waals surface area contributed by atoms with Crippen LogP contribution in [0.4, 0.5) is 5.69 Å². The van der Waals surface area contributed by atoms with E-state index in [0.717, 1.165) is 36.8 Å². The number of nitrogens with one attached hydrogen (secondary N) is 1. The molecule has 0 spiro atoms. The van der Waals surface area contributed by atoms with Crippen LogP contribution in [0.15, 0.2) is 48.5 Å². The molecule has 0 bridgehead atoms. The summed E-state index contributed by atoms with van der Waals surface area (Å²) >= 11 is 1.42. The molecule has 0 aromatic heterocycles. The van der Waals surface area contributed by atoms with Crippen molar-refractivity contribution in [3.05, 3.63) is 69.8 Å². The summed E-state index contributed by atoms with van der Waals surface area (Å²) in [6.07, 6.45) is 5.39. The number of thioether (sulfide) groups is 1. The Morgan fingerprint density at radius 1 is 1.14 bits per heavy atom. The van der Waals surface area contributed by atoms with Gasteiger partial charge in [-0.05, 0) is 43.0 Å². The van der Waals surface area contributed by atoms with Gasteiger partial charge in [0.05, 0.1) is 17.8 Å². The summed E-state index contributed by atoms with van der Waals surface area (Å²) in [7, 11) is 1.59. The standard InChI is InChI=1S/C26H33N3O5S/c1-19(26(31)27-22-8-4-3-5-9-22)28(16-21-7-6-10-24(15-21)34-2)25(30)18-35-17-20-11-13-23(14-12-20)29(32)33/h6-7,10-15,19,22H,3-5,8-9,16-18H2,1-2H3,(H,27,31)/t19-/m1/s1. The van der Waals surface area contributed by atoms with Crippen molar-refractivity contribution in [2.24, 2.45) is 0 Å². The first-order valence-electron chi connectivity index (χ1n) is 11.9. The van der Waals surface area contributed by atoms with E-state index in [1.807, 2.05) is 24.3 Å². The topological polar surface area (TPSA) is 102 Å². The van der Waals surface area contributed by atoms with Gasteiger partial charge in [-0.25, -0.2) is 0 Å². The van der Waals surface area contributed by atoms with Crippen LogP contribution >= 0.6 is 11.8 Å². The van der Waals surface area contributed by atoms with Crippen LogP contribution < -0.4 is 10.1 Å². The molecule has 1 atom stereocenters. The molecule has 1 N–H and O–H groups in total. The van der Waals surface area contributed by atoms with Crippen LogP contribution in [-0.4, -0.2) is 46.6 Å². The minimum atomic E-state index is -0.615. The maximum absolute atomic E-state index is 13.3. The molecule has 2 aromatic carbocycles. The second kappa shape index (κ2) is 13.1. The predicted molar refractivity (Wildman–Crippen MR) is 137 cm³/mol. The monoisotopic (exact) mass is 499 g/mol. The maximum Gasteiger partial charge on any atom is 0.269 e. The number of ether oxygens (including phenoxy) is 1. The zero-order chi connectivity index (χ0) is 25.2. The fourth-order valence-corrected chi connectivity index (χ4v) is 5.04. The number of amides is 2. The molecule has 0 radical (unpaired) electrons. The van der Waals surface area contributed by atoms with Crippen LogP contribution in [0.25, 0.3) is 0 Å². The van der Waals surface area contributed by atoms with E-state index in [1.165, 1.54) is 30.3 Å². The van der Waals surface area contributed by atoms with Crippen molar-refractivity contribution in [3.8, 4) is 5.75 Å². The number of carbonyl (C=O) groups excluding carboxylic acids is 2. The Labute approximate surface area is 210 Å². The van der Waals surface area contributed by atoms with Gasteiger partial charge in [0, 0.05) is 30.5 Å². The Kier molecular flexibility index (Phi) is 9.96. The molecule has 8 nitrogen and oxygen atoms in total. The van der Waals surface area contributed by atoms with Crippen molar-refractivity contribution in [1.29, 1.82) is 0 Å². The lowest BCUT2D eigenvalue weighted by atomic mass is 9.95. The van der Waals surface area contributed by atoms with Gasteiger partial charge in [-0.3, -0.25) is 19.7 Å². The molecule has 0 aliphatic heterocycles. The number of nitrogens with zero attached hydrogens (tertiary/aromatic N) is 2. The van der Waals surface area contributed by atoms with Crippen LogP contribution in [0.2, 0.25) is 0 Å². The first kappa shape index (κ1) is 26.5. The number of rotatable bonds is 11. The summed E-state index contributed by atoms with van der Waals surface area (Å²) in [5.74, 6) is 1.17. The third-order valence-corrected chi connectivity index (χ3v) is 7.24. The molecule has 35 heavy (non-hydrogen) atoms. The number of benzene rings is 2. The van der Waals surface area contributed by atoms with Crippen molar-refractivity contribution in [2.75, 3.05) is 12.9 Å². The average molecular weight is 500 g/mol. The van der Waals surface area contributed by atoms with E-state index in [9.17, 15) is 19.7 Å². The van der Waals surface area contributed by atoms with Crippen molar-refractivity contribution < 1.29 is 19.2 Å². The lowest BCUT2D eigenvalue weighted by molar-refractivity contribution is -0.384. The highest BCUT2D eigenvalue weighted by molar-refractivity contribution is 7.99. The van der Waals surface area contributed by atoms with Gasteiger partial charge in [-0.1, -0.05) is 43.5 Å². The minimum absolute atomic E-state index is 0.0390. The fourth-order valence-electron chi connectivity index (χ4n) is 4.17. The summed E-state index contributed by atoms with van der Waals surface area (Å²) in [5, 5.41) is 14.0. The zero-order valence-electron chi connectivity index (χ0n) is 20.3. The zero-order valence-corrected chi connectivity index (χ0v) is 21.1. The van der Waals surface area contributed by atoms with Gasteiger partial charge in [-0.2, -0.15) is 0 Å². The van der Waals surface area contributed by atoms with E-state index in [2.05, 4.69) is 5.32 Å². The van der Waals surface area contributed by atoms with Gasteiger partial charge in [0.2, 0.25) is 11.8 Å². The Bertz CT molecular complexity index is 1010. The minimum Gasteiger partial charge on any atom is -0.497 e. The molecule has 1 fully saturated rings. The molecule has 1 aliphatic rings. The number of hydrogen-bond donors (Lipinski definition) is 1. The summed E-state index contributed by atoms with van der Waals surface area (Å²) in [4.78, 5) is 38.4. The van der Waals surface area contributed by atoms with E-state index in [-0.39, 0.29) is 29.3 Å². The highest BCUT2D eigenvalue weighted by Gasteiger charge is 2.28. The molecule has 3 rings (SSSR count). The largest absolute Gasteiger partial charge is 0.497 e. The van der Waals surface area contributed by atoms with E-state index >= 15 is 0 Å². The molecule has 9 heteroatoms. The Morgan fingerprint density at radius 2 is 1.86 bits per heavy atom. The van der Waals surface area contributed by atoms with E-state index in [1.54, 1.807) is 31.1 Å². The van der Waals surface area contributed by atoms with Gasteiger partial charge in [0.15, 0.2) is 0 Å². The third kappa shape index (κ3) is 7.99. The number of non-ortho nitro benzene ring substituents is 1. The van der Waals surface area contributed by atoms with Crippen LogP contribution in [0.5, 0.6) is 5.75 Å². The van der Waals surface area contributed by atoms with Gasteiger partial charge in [0.25, 0.3) is 5.69 Å². The Balaban J connectivity index is 1.66. The number of hydrogen-bond acceptors (Lipinski definition) is 6. The van der Waals surface area contributed by atoms with Crippen molar-refractivity contribution in [3.63, 3.8) is 0 Å². The quantitative estimate of drug-likeness (QED) is 0.355. The summed E-state index contributed by atoms with van der Waals surface area (Å²) in [6, 6.07) is 13.4. The number of carbonyl (C=O) groups is 2. The molecule has 0 heterocycles. The molecular formula is C26H33N3O5S. The smallest absolute Gasteiger partial charge is 0.269 e. The molecule has 2 amide bonds. The highest BCUT2D eigenvalue weighted by atomic mass is 32.2. The van der Waals surface area contributed by atoms with Crippen LogP contribution in [0.1, 0.15) is 50.2 Å². The maximum atomic E-state index is 13.3. The molecule has 0 unspecified atom stereocenters. The molecular weight excluding hydrogens is 466 g/mol. The lowest BCUT2D eigenvalue weighted by Gasteiger charge is -2.31. The van der Waals surface area contributed by atoms with Gasteiger partial charge < -0.3 is 15.0 Å². The van der Waals surface area contributed by atoms with Crippen LogP contribution in [0, 0.1) is 10.1 Å². The van der Waals surface area contributed by atoms with E-state index < -0.39 is 11.0 Å². The van der Waals surface area contributed by atoms with Gasteiger partial charge in [0.1, 0.15) is 11.8 Å². The molecule has 1 aliphatic carbocycles. The van der Waals surface area contributed by atoms with E-state index in [4.69, 9.17) is 4.74 Å². The highest BCUT2D eigenvalue weighted by Crippen LogP contribution is 2.21. The number of nitro groups is 1. The molecule has 2 aromatic rings. The lowest BCUT2D eigenvalue weighted by Crippen LogP contribution is -2.50. The number of nitro benzene ring substituents is 1. The molecule has 188 valence electrons. The second-order valence-electron chi connectivity index (χ2n) is 8.81. The predicted octanol–water partition coefficient (Wildman–Crippen LogP) is 4.70. The summed E-state index contributed by atoms with van der Waals surface area (Å²) in [5.41, 5.74) is 1.82. The van der Waals surface area contributed by atoms with Gasteiger partial charge in [-0.15, -0.1) is 11.8 Å². The Morgan fingerprint density at radius 3 is 2.51 bits per heavy atom. The molecule has 0 saturated heterocycles. The average Bonchev–Trinajstić information content (AvgIpc) is 2.87. The number of methoxy groups -OCH3 is 1. The SMILES string of the molecule is COc1cccc(CN(C(=O)CSCc2ccc([N+](=O)[O-])cc2)[C@H](C)C(=O)NC2CCCCC2)c1. The fraction of sp³-hybridized carbons (Fsp3) is 0.462. The van der Waals surface area contributed by atoms with Crippen molar-refractivity contribution in [1.82, 2.24) is 10.2 Å². The molecule has 1 saturated carbocycles. The van der Waals surface area contributed by atoms with Crippen molar-refractivity contribution >= 4 is 29.3 Å². The van der Waals surface area contributed by atoms with Gasteiger partial charge >= 0.3 is 0 Å². The van der Waals surface area contributed by atoms with Crippen molar-refractivity contribution in [2.45, 2.75) is 63.4 Å². The summed E-state index contributed by atoms with van der Waals surface area (Å²) < 4.78 is 5.31. The van der Waals surface area contributed by atoms with Crippen LogP contribution in [0.3, 0.4) is 0 Å². The second-order valence-corrected chi connectivity index (χ2v) is 9.79. The third-order valence-electron chi connectivity index (χ3n) is 6.25. The first-order valence-corrected chi connectivity index (χ1v) is 13.1. The first-order chi connectivity index (χ1) is 16.9. The normalized spacial score (nSPS) is 14.7. The Hall–Kier alpha value is -3.07. The van der Waals surface area contributed by atoms with E-state index in [0.29, 0.717) is 18.0 Å². The van der Waals surface area contributed by atoms with Crippen LogP contribution in [-0.2, 0) is 21.9 Å². The summed E-state index contributed by atoms with van der Waals surface area (Å²) in [6.45, 7) is 2.07.